The van der Waals surface area contributed by atoms with Gasteiger partial charge in [-0.25, -0.2) is 0 Å². The normalized spacial score (nSPS) is 11.7. The van der Waals surface area contributed by atoms with Gasteiger partial charge in [-0.1, -0.05) is 24.9 Å². The lowest BCUT2D eigenvalue weighted by molar-refractivity contribution is -0.157. The molecule has 0 aromatic heterocycles. The second-order valence-electron chi connectivity index (χ2n) is 3.97. The van der Waals surface area contributed by atoms with E-state index in [-0.39, 0.29) is 6.61 Å². The van der Waals surface area contributed by atoms with Crippen molar-refractivity contribution in [1.82, 2.24) is 0 Å². The van der Waals surface area contributed by atoms with Crippen molar-refractivity contribution in [3.63, 3.8) is 0 Å². The van der Waals surface area contributed by atoms with Gasteiger partial charge in [-0.15, -0.1) is 0 Å². The van der Waals surface area contributed by atoms with Gasteiger partial charge in [0.1, 0.15) is 5.75 Å². The molecule has 19 heavy (non-hydrogen) atoms. The third-order valence-corrected chi connectivity index (χ3v) is 2.72. The van der Waals surface area contributed by atoms with Crippen LogP contribution in [0.5, 0.6) is 5.75 Å². The summed E-state index contributed by atoms with van der Waals surface area (Å²) in [6.07, 6.45) is 1.10. The van der Waals surface area contributed by atoms with Crippen LogP contribution in [-0.4, -0.2) is 18.5 Å². The number of rotatable bonds is 6. The van der Waals surface area contributed by atoms with Crippen LogP contribution >= 0.6 is 11.6 Å². The van der Waals surface area contributed by atoms with E-state index in [1.54, 1.807) is 31.2 Å². The molecule has 5 heteroatoms. The predicted octanol–water partition coefficient (Wildman–Crippen LogP) is 3.22. The Balaban J connectivity index is 2.71. The summed E-state index contributed by atoms with van der Waals surface area (Å²) in [5, 5.41) is 0.551. The SMILES string of the molecule is CCCC(C(=O)OCC)C(=O)Oc1ccc(Cl)cc1. The summed E-state index contributed by atoms with van der Waals surface area (Å²) in [5.74, 6) is -1.65. The predicted molar refractivity (Wildman–Crippen MR) is 72.1 cm³/mol. The van der Waals surface area contributed by atoms with Crippen molar-refractivity contribution in [3.8, 4) is 5.75 Å². The Kier molecular flexibility index (Phi) is 6.36. The van der Waals surface area contributed by atoms with Gasteiger partial charge < -0.3 is 9.47 Å². The Morgan fingerprint density at radius 2 is 1.79 bits per heavy atom. The second-order valence-corrected chi connectivity index (χ2v) is 4.40. The molecule has 0 fully saturated rings. The molecule has 1 aromatic rings. The smallest absolute Gasteiger partial charge is 0.325 e. The topological polar surface area (TPSA) is 52.6 Å². The molecule has 0 saturated heterocycles. The van der Waals surface area contributed by atoms with E-state index in [4.69, 9.17) is 21.1 Å². The summed E-state index contributed by atoms with van der Waals surface area (Å²) in [4.78, 5) is 23.6. The lowest BCUT2D eigenvalue weighted by Crippen LogP contribution is -2.29. The Bertz CT molecular complexity index is 428. The minimum atomic E-state index is -0.874. The first-order valence-electron chi connectivity index (χ1n) is 6.22. The molecule has 0 aliphatic rings. The van der Waals surface area contributed by atoms with Crippen LogP contribution in [0.25, 0.3) is 0 Å². The average molecular weight is 285 g/mol. The second kappa shape index (κ2) is 7.79. The van der Waals surface area contributed by atoms with Gasteiger partial charge in [0.2, 0.25) is 0 Å². The number of hydrogen-bond donors (Lipinski definition) is 0. The van der Waals surface area contributed by atoms with Gasteiger partial charge in [0.15, 0.2) is 5.92 Å². The van der Waals surface area contributed by atoms with Crippen LogP contribution in [0.15, 0.2) is 24.3 Å². The maximum Gasteiger partial charge on any atom is 0.325 e. The Hall–Kier alpha value is -1.55. The number of esters is 2. The van der Waals surface area contributed by atoms with Gasteiger partial charge in [0, 0.05) is 5.02 Å². The molecule has 0 heterocycles. The van der Waals surface area contributed by atoms with Crippen LogP contribution in [-0.2, 0) is 14.3 Å². The number of carbonyl (C=O) groups excluding carboxylic acids is 2. The molecule has 1 aromatic carbocycles. The summed E-state index contributed by atoms with van der Waals surface area (Å²) >= 11 is 5.74. The van der Waals surface area contributed by atoms with E-state index in [2.05, 4.69) is 0 Å². The van der Waals surface area contributed by atoms with E-state index < -0.39 is 17.9 Å². The van der Waals surface area contributed by atoms with E-state index in [1.165, 1.54) is 0 Å². The number of halogens is 1. The highest BCUT2D eigenvalue weighted by atomic mass is 35.5. The minimum absolute atomic E-state index is 0.243. The number of carbonyl (C=O) groups is 2. The lowest BCUT2D eigenvalue weighted by Gasteiger charge is -2.13. The van der Waals surface area contributed by atoms with Crippen molar-refractivity contribution in [2.75, 3.05) is 6.61 Å². The summed E-state index contributed by atoms with van der Waals surface area (Å²) in [6, 6.07) is 6.38. The standard InChI is InChI=1S/C14H17ClO4/c1-3-5-12(13(16)18-4-2)14(17)19-11-8-6-10(15)7-9-11/h6-9,12H,3-5H2,1-2H3. The van der Waals surface area contributed by atoms with Crippen LogP contribution in [0.4, 0.5) is 0 Å². The van der Waals surface area contributed by atoms with Gasteiger partial charge in [-0.3, -0.25) is 9.59 Å². The highest BCUT2D eigenvalue weighted by molar-refractivity contribution is 6.30. The van der Waals surface area contributed by atoms with E-state index >= 15 is 0 Å². The summed E-state index contributed by atoms with van der Waals surface area (Å²) < 4.78 is 10.0. The van der Waals surface area contributed by atoms with Crippen LogP contribution in [0, 0.1) is 5.92 Å². The zero-order chi connectivity index (χ0) is 14.3. The van der Waals surface area contributed by atoms with E-state index in [0.717, 1.165) is 0 Å². The van der Waals surface area contributed by atoms with Gasteiger partial charge in [-0.2, -0.15) is 0 Å². The van der Waals surface area contributed by atoms with Gasteiger partial charge in [-0.05, 0) is 37.6 Å². The first-order valence-corrected chi connectivity index (χ1v) is 6.60. The van der Waals surface area contributed by atoms with E-state index in [0.29, 0.717) is 23.6 Å². The number of ether oxygens (including phenoxy) is 2. The molecule has 0 aliphatic carbocycles. The molecule has 1 unspecified atom stereocenters. The van der Waals surface area contributed by atoms with Crippen LogP contribution in [0.3, 0.4) is 0 Å². The van der Waals surface area contributed by atoms with Crippen molar-refractivity contribution < 1.29 is 19.1 Å². The fraction of sp³-hybridized carbons (Fsp3) is 0.429. The molecular formula is C14H17ClO4. The average Bonchev–Trinajstić information content (AvgIpc) is 2.38. The fourth-order valence-corrected chi connectivity index (χ4v) is 1.68. The van der Waals surface area contributed by atoms with Gasteiger partial charge in [0.05, 0.1) is 6.61 Å². The first-order chi connectivity index (χ1) is 9.08. The maximum atomic E-state index is 11.9. The molecule has 0 aliphatic heterocycles. The maximum absolute atomic E-state index is 11.9. The van der Waals surface area contributed by atoms with Crippen LogP contribution in [0.2, 0.25) is 5.02 Å². The first kappa shape index (κ1) is 15.5. The molecule has 0 amide bonds. The van der Waals surface area contributed by atoms with Crippen LogP contribution < -0.4 is 4.74 Å². The highest BCUT2D eigenvalue weighted by Crippen LogP contribution is 2.18. The van der Waals surface area contributed by atoms with Crippen molar-refractivity contribution in [2.24, 2.45) is 5.92 Å². The van der Waals surface area contributed by atoms with Gasteiger partial charge in [0.25, 0.3) is 0 Å². The zero-order valence-electron chi connectivity index (χ0n) is 11.0. The van der Waals surface area contributed by atoms with Crippen molar-refractivity contribution in [1.29, 1.82) is 0 Å². The van der Waals surface area contributed by atoms with Crippen molar-refractivity contribution >= 4 is 23.5 Å². The van der Waals surface area contributed by atoms with Crippen molar-refractivity contribution in [2.45, 2.75) is 26.7 Å². The lowest BCUT2D eigenvalue weighted by atomic mass is 10.0. The minimum Gasteiger partial charge on any atom is -0.465 e. The summed E-state index contributed by atoms with van der Waals surface area (Å²) in [5.41, 5.74) is 0. The molecule has 0 N–H and O–H groups in total. The van der Waals surface area contributed by atoms with Crippen molar-refractivity contribution in [3.05, 3.63) is 29.3 Å². The molecule has 0 saturated carbocycles. The van der Waals surface area contributed by atoms with Crippen LogP contribution in [0.1, 0.15) is 26.7 Å². The molecule has 1 rings (SSSR count). The molecule has 0 radical (unpaired) electrons. The molecule has 4 nitrogen and oxygen atoms in total. The monoisotopic (exact) mass is 284 g/mol. The van der Waals surface area contributed by atoms with E-state index in [9.17, 15) is 9.59 Å². The Morgan fingerprint density at radius 1 is 1.16 bits per heavy atom. The largest absolute Gasteiger partial charge is 0.465 e. The Morgan fingerprint density at radius 3 is 2.32 bits per heavy atom. The third-order valence-electron chi connectivity index (χ3n) is 2.47. The third kappa shape index (κ3) is 4.91. The highest BCUT2D eigenvalue weighted by Gasteiger charge is 2.29. The summed E-state index contributed by atoms with van der Waals surface area (Å²) in [7, 11) is 0. The Labute approximate surface area is 117 Å². The summed E-state index contributed by atoms with van der Waals surface area (Å²) in [6.45, 7) is 3.83. The molecule has 1 atom stereocenters. The fourth-order valence-electron chi connectivity index (χ4n) is 1.55. The molecular weight excluding hydrogens is 268 g/mol. The number of hydrogen-bond acceptors (Lipinski definition) is 4. The zero-order valence-corrected chi connectivity index (χ0v) is 11.8. The molecule has 0 spiro atoms. The quantitative estimate of drug-likeness (QED) is 0.457. The number of benzene rings is 1. The molecule has 0 bridgehead atoms. The van der Waals surface area contributed by atoms with Gasteiger partial charge >= 0.3 is 11.9 Å². The molecule has 104 valence electrons. The van der Waals surface area contributed by atoms with E-state index in [1.807, 2.05) is 6.92 Å².